The lowest BCUT2D eigenvalue weighted by Crippen LogP contribution is -2.31. The number of nitrogens with zero attached hydrogens (tertiary/aromatic N) is 4. The second kappa shape index (κ2) is 6.64. The number of hydrogen-bond acceptors (Lipinski definition) is 4. The van der Waals surface area contributed by atoms with Crippen molar-refractivity contribution in [3.8, 4) is 11.4 Å². The quantitative estimate of drug-likeness (QED) is 0.734. The summed E-state index contributed by atoms with van der Waals surface area (Å²) in [6.07, 6.45) is 6.11. The Labute approximate surface area is 144 Å². The average molecular weight is 338 g/mol. The zero-order valence-electron chi connectivity index (χ0n) is 13.5. The lowest BCUT2D eigenvalue weighted by Gasteiger charge is -2.28. The lowest BCUT2D eigenvalue weighted by molar-refractivity contribution is 0.242. The highest BCUT2D eigenvalue weighted by Crippen LogP contribution is 2.22. The van der Waals surface area contributed by atoms with Crippen molar-refractivity contribution >= 4 is 0 Å². The largest absolute Gasteiger partial charge is 0.294 e. The van der Waals surface area contributed by atoms with Crippen molar-refractivity contribution in [1.82, 2.24) is 19.9 Å². The van der Waals surface area contributed by atoms with E-state index in [2.05, 4.69) is 19.9 Å². The van der Waals surface area contributed by atoms with E-state index in [4.69, 9.17) is 0 Å². The van der Waals surface area contributed by atoms with E-state index in [9.17, 15) is 8.78 Å². The Morgan fingerprint density at radius 2 is 1.88 bits per heavy atom. The van der Waals surface area contributed by atoms with Gasteiger partial charge in [0, 0.05) is 55.8 Å². The van der Waals surface area contributed by atoms with Crippen LogP contribution in [-0.4, -0.2) is 26.4 Å². The molecule has 3 aromatic rings. The molecular weight excluding hydrogens is 322 g/mol. The molecule has 1 aromatic carbocycles. The zero-order chi connectivity index (χ0) is 17.2. The normalized spacial score (nSPS) is 14.3. The number of rotatable bonds is 3. The minimum Gasteiger partial charge on any atom is -0.294 e. The summed E-state index contributed by atoms with van der Waals surface area (Å²) in [7, 11) is 0. The van der Waals surface area contributed by atoms with Gasteiger partial charge in [-0.25, -0.2) is 18.7 Å². The summed E-state index contributed by atoms with van der Waals surface area (Å²) in [6, 6.07) is 7.83. The Morgan fingerprint density at radius 3 is 2.68 bits per heavy atom. The highest BCUT2D eigenvalue weighted by Gasteiger charge is 2.19. The number of fused-ring (bicyclic) bond motifs is 1. The van der Waals surface area contributed by atoms with Crippen molar-refractivity contribution in [2.45, 2.75) is 19.5 Å². The summed E-state index contributed by atoms with van der Waals surface area (Å²) in [4.78, 5) is 15.3. The van der Waals surface area contributed by atoms with Crippen molar-refractivity contribution in [2.24, 2.45) is 0 Å². The van der Waals surface area contributed by atoms with Gasteiger partial charge in [0.15, 0.2) is 17.5 Å². The van der Waals surface area contributed by atoms with Gasteiger partial charge in [-0.05, 0) is 29.8 Å². The number of hydrogen-bond donors (Lipinski definition) is 0. The monoisotopic (exact) mass is 338 g/mol. The van der Waals surface area contributed by atoms with Gasteiger partial charge in [-0.3, -0.25) is 9.88 Å². The highest BCUT2D eigenvalue weighted by molar-refractivity contribution is 5.54. The maximum Gasteiger partial charge on any atom is 0.159 e. The van der Waals surface area contributed by atoms with E-state index in [1.54, 1.807) is 18.5 Å². The molecule has 0 amide bonds. The third-order valence-corrected chi connectivity index (χ3v) is 4.34. The molecule has 4 rings (SSSR count). The molecule has 0 radical (unpaired) electrons. The fourth-order valence-corrected chi connectivity index (χ4v) is 3.05. The van der Waals surface area contributed by atoms with Gasteiger partial charge < -0.3 is 0 Å². The van der Waals surface area contributed by atoms with E-state index in [1.807, 2.05) is 18.3 Å². The van der Waals surface area contributed by atoms with Gasteiger partial charge in [0.1, 0.15) is 0 Å². The average Bonchev–Trinajstić information content (AvgIpc) is 2.65. The molecule has 0 fully saturated rings. The van der Waals surface area contributed by atoms with E-state index < -0.39 is 11.6 Å². The molecule has 25 heavy (non-hydrogen) atoms. The standard InChI is InChI=1S/C19H16F2N4/c20-16-2-1-13(9-17(16)21)11-25-8-5-18-15(12-25)10-23-19(24-18)14-3-6-22-7-4-14/h1-4,6-7,9-10H,5,8,11-12H2. The first-order chi connectivity index (χ1) is 12.2. The molecule has 0 atom stereocenters. The minimum atomic E-state index is -0.815. The van der Waals surface area contributed by atoms with Crippen molar-refractivity contribution in [3.05, 3.63) is 77.4 Å². The van der Waals surface area contributed by atoms with E-state index in [0.717, 1.165) is 35.3 Å². The first-order valence-corrected chi connectivity index (χ1v) is 8.10. The summed E-state index contributed by atoms with van der Waals surface area (Å²) >= 11 is 0. The van der Waals surface area contributed by atoms with E-state index in [0.29, 0.717) is 18.9 Å². The summed E-state index contributed by atoms with van der Waals surface area (Å²) < 4.78 is 26.4. The summed E-state index contributed by atoms with van der Waals surface area (Å²) in [5.41, 5.74) is 3.83. The van der Waals surface area contributed by atoms with Crippen LogP contribution in [0.25, 0.3) is 11.4 Å². The Kier molecular flexibility index (Phi) is 4.19. The van der Waals surface area contributed by atoms with Crippen LogP contribution in [0.15, 0.2) is 48.9 Å². The smallest absolute Gasteiger partial charge is 0.159 e. The third kappa shape index (κ3) is 3.39. The molecule has 0 unspecified atom stereocenters. The topological polar surface area (TPSA) is 41.9 Å². The van der Waals surface area contributed by atoms with Crippen LogP contribution >= 0.6 is 0 Å². The fraction of sp³-hybridized carbons (Fsp3) is 0.211. The van der Waals surface area contributed by atoms with Gasteiger partial charge in [0.25, 0.3) is 0 Å². The molecule has 3 heterocycles. The SMILES string of the molecule is Fc1ccc(CN2CCc3nc(-c4ccncc4)ncc3C2)cc1F. The molecule has 0 N–H and O–H groups in total. The van der Waals surface area contributed by atoms with E-state index >= 15 is 0 Å². The molecule has 6 heteroatoms. The van der Waals surface area contributed by atoms with Gasteiger partial charge in [-0.15, -0.1) is 0 Å². The highest BCUT2D eigenvalue weighted by atomic mass is 19.2. The van der Waals surface area contributed by atoms with Crippen LogP contribution in [0, 0.1) is 11.6 Å². The molecule has 126 valence electrons. The first-order valence-electron chi connectivity index (χ1n) is 8.10. The Balaban J connectivity index is 1.51. The molecule has 0 saturated heterocycles. The Bertz CT molecular complexity index is 899. The van der Waals surface area contributed by atoms with Crippen LogP contribution in [-0.2, 0) is 19.5 Å². The van der Waals surface area contributed by atoms with Gasteiger partial charge in [0.05, 0.1) is 5.69 Å². The molecule has 2 aromatic heterocycles. The molecule has 0 aliphatic carbocycles. The number of halogens is 2. The van der Waals surface area contributed by atoms with Crippen LogP contribution in [0.1, 0.15) is 16.8 Å². The minimum absolute atomic E-state index is 0.572. The summed E-state index contributed by atoms with van der Waals surface area (Å²) in [6.45, 7) is 2.09. The predicted octanol–water partition coefficient (Wildman–Crippen LogP) is 3.38. The number of aromatic nitrogens is 3. The molecule has 1 aliphatic heterocycles. The second-order valence-corrected chi connectivity index (χ2v) is 6.11. The van der Waals surface area contributed by atoms with Crippen molar-refractivity contribution in [1.29, 1.82) is 0 Å². The van der Waals surface area contributed by atoms with Gasteiger partial charge in [-0.1, -0.05) is 6.07 Å². The Hall–Kier alpha value is -2.73. The second-order valence-electron chi connectivity index (χ2n) is 6.11. The fourth-order valence-electron chi connectivity index (χ4n) is 3.05. The van der Waals surface area contributed by atoms with Crippen LogP contribution < -0.4 is 0 Å². The lowest BCUT2D eigenvalue weighted by atomic mass is 10.1. The predicted molar refractivity (Wildman–Crippen MR) is 89.4 cm³/mol. The van der Waals surface area contributed by atoms with Crippen molar-refractivity contribution in [3.63, 3.8) is 0 Å². The van der Waals surface area contributed by atoms with Crippen LogP contribution in [0.2, 0.25) is 0 Å². The van der Waals surface area contributed by atoms with Crippen LogP contribution in [0.4, 0.5) is 8.78 Å². The molecule has 0 bridgehead atoms. The van der Waals surface area contributed by atoms with Crippen LogP contribution in [0.5, 0.6) is 0 Å². The van der Waals surface area contributed by atoms with Gasteiger partial charge in [0.2, 0.25) is 0 Å². The number of benzene rings is 1. The molecule has 1 aliphatic rings. The van der Waals surface area contributed by atoms with Gasteiger partial charge >= 0.3 is 0 Å². The summed E-state index contributed by atoms with van der Waals surface area (Å²) in [5.74, 6) is -0.916. The molecular formula is C19H16F2N4. The van der Waals surface area contributed by atoms with E-state index in [-0.39, 0.29) is 0 Å². The molecule has 0 spiro atoms. The summed E-state index contributed by atoms with van der Waals surface area (Å²) in [5, 5.41) is 0. The maximum atomic E-state index is 13.4. The first kappa shape index (κ1) is 15.8. The van der Waals surface area contributed by atoms with Gasteiger partial charge in [-0.2, -0.15) is 0 Å². The molecule has 0 saturated carbocycles. The van der Waals surface area contributed by atoms with E-state index in [1.165, 1.54) is 12.1 Å². The zero-order valence-corrected chi connectivity index (χ0v) is 13.5. The maximum absolute atomic E-state index is 13.4. The van der Waals surface area contributed by atoms with Crippen molar-refractivity contribution in [2.75, 3.05) is 6.54 Å². The third-order valence-electron chi connectivity index (χ3n) is 4.34. The Morgan fingerprint density at radius 1 is 1.04 bits per heavy atom. The van der Waals surface area contributed by atoms with Crippen LogP contribution in [0.3, 0.4) is 0 Å². The molecule has 4 nitrogen and oxygen atoms in total. The van der Waals surface area contributed by atoms with Crippen molar-refractivity contribution < 1.29 is 8.78 Å². The number of pyridine rings is 1.